The predicted octanol–water partition coefficient (Wildman–Crippen LogP) is -0.788. The van der Waals surface area contributed by atoms with E-state index in [1.807, 2.05) is 0 Å². The number of rotatable bonds is 8. The van der Waals surface area contributed by atoms with Crippen molar-refractivity contribution in [1.82, 2.24) is 9.80 Å². The van der Waals surface area contributed by atoms with Crippen LogP contribution in [0.5, 0.6) is 0 Å². The first-order chi connectivity index (χ1) is 9.42. The third kappa shape index (κ3) is 5.24. The van der Waals surface area contributed by atoms with E-state index in [9.17, 15) is 14.3 Å². The first-order valence-electron chi connectivity index (χ1n) is 5.93. The van der Waals surface area contributed by atoms with Crippen LogP contribution in [-0.4, -0.2) is 85.6 Å². The lowest BCUT2D eigenvalue weighted by molar-refractivity contribution is -0.133. The van der Waals surface area contributed by atoms with Gasteiger partial charge in [0, 0.05) is 34.5 Å². The quantitative estimate of drug-likeness (QED) is 0.265. The molecule has 3 unspecified atom stereocenters. The van der Waals surface area contributed by atoms with Crippen LogP contribution >= 0.6 is 0 Å². The van der Waals surface area contributed by atoms with Crippen LogP contribution in [0.1, 0.15) is 0 Å². The summed E-state index contributed by atoms with van der Waals surface area (Å²) in [5, 5.41) is 18.6. The fourth-order valence-corrected chi connectivity index (χ4v) is 1.43. The van der Waals surface area contributed by atoms with Gasteiger partial charge in [-0.25, -0.2) is 4.39 Å². The van der Waals surface area contributed by atoms with E-state index in [4.69, 9.17) is 9.84 Å². The van der Waals surface area contributed by atoms with Gasteiger partial charge in [0.25, 0.3) is 0 Å². The fourth-order valence-electron chi connectivity index (χ4n) is 1.43. The normalized spacial score (nSPS) is 16.9. The molecule has 0 aromatic heterocycles. The second-order valence-corrected chi connectivity index (χ2v) is 4.16. The van der Waals surface area contributed by atoms with Gasteiger partial charge in [-0.2, -0.15) is 0 Å². The van der Waals surface area contributed by atoms with E-state index in [0.29, 0.717) is 10.7 Å². The van der Waals surface area contributed by atoms with Crippen molar-refractivity contribution in [1.29, 1.82) is 0 Å². The van der Waals surface area contributed by atoms with Crippen LogP contribution in [0.2, 0.25) is 0 Å². The summed E-state index contributed by atoms with van der Waals surface area (Å²) in [5.74, 6) is 0.518. The lowest BCUT2D eigenvalue weighted by atomic mass is 10.2. The Morgan fingerprint density at radius 1 is 1.50 bits per heavy atom. The smallest absolute Gasteiger partial charge is 0.216 e. The van der Waals surface area contributed by atoms with Gasteiger partial charge in [-0.3, -0.25) is 14.7 Å². The summed E-state index contributed by atoms with van der Waals surface area (Å²) in [6, 6.07) is 0. The molecule has 0 rings (SSSR count). The first kappa shape index (κ1) is 18.5. The minimum absolute atomic E-state index is 0.234. The molecular formula is C12H22FN3O4. The van der Waals surface area contributed by atoms with E-state index in [1.165, 1.54) is 13.2 Å². The number of carbonyl (C=O) groups excluding carboxylic acids is 1. The summed E-state index contributed by atoms with van der Waals surface area (Å²) in [5.41, 5.74) is 0. The van der Waals surface area contributed by atoms with Gasteiger partial charge in [-0.15, -0.1) is 0 Å². The van der Waals surface area contributed by atoms with Gasteiger partial charge in [0.05, 0.1) is 6.61 Å². The molecule has 7 nitrogen and oxygen atoms in total. The number of ether oxygens (including phenoxy) is 1. The number of methoxy groups -OCH3 is 1. The van der Waals surface area contributed by atoms with E-state index in [0.717, 1.165) is 6.20 Å². The van der Waals surface area contributed by atoms with Crippen molar-refractivity contribution in [2.75, 3.05) is 34.9 Å². The number of halogens is 1. The maximum Gasteiger partial charge on any atom is 0.216 e. The highest BCUT2D eigenvalue weighted by Crippen LogP contribution is 2.11. The number of hydrogen-bond donors (Lipinski definition) is 2. The molecule has 0 aliphatic carbocycles. The van der Waals surface area contributed by atoms with Crippen LogP contribution < -0.4 is 0 Å². The minimum atomic E-state index is -2.04. The van der Waals surface area contributed by atoms with Crippen molar-refractivity contribution < 1.29 is 24.1 Å². The summed E-state index contributed by atoms with van der Waals surface area (Å²) in [6.07, 6.45) is -2.00. The molecule has 1 amide bonds. The van der Waals surface area contributed by atoms with Gasteiger partial charge < -0.3 is 19.8 Å². The zero-order valence-corrected chi connectivity index (χ0v) is 12.1. The number of aliphatic hydroxyl groups excluding tert-OH is 2. The van der Waals surface area contributed by atoms with E-state index in [1.54, 1.807) is 26.0 Å². The number of nitrogens with zero attached hydrogens (tertiary/aromatic N) is 3. The largest absolute Gasteiger partial charge is 0.394 e. The Balaban J connectivity index is 4.91. The Labute approximate surface area is 118 Å². The maximum absolute atomic E-state index is 14.0. The SMILES string of the molecule is C/N=C(\C=C/N(C=O)C(F)C(O)C(CO)OC)N(C)C. The highest BCUT2D eigenvalue weighted by Gasteiger charge is 2.30. The van der Waals surface area contributed by atoms with Crippen molar-refractivity contribution in [2.45, 2.75) is 18.5 Å². The van der Waals surface area contributed by atoms with Crippen LogP contribution in [0.4, 0.5) is 4.39 Å². The number of carbonyl (C=O) groups is 1. The van der Waals surface area contributed by atoms with Gasteiger partial charge in [0.1, 0.15) is 18.0 Å². The summed E-state index contributed by atoms with van der Waals surface area (Å²) in [6.45, 7) is -0.562. The van der Waals surface area contributed by atoms with E-state index >= 15 is 0 Å². The zero-order chi connectivity index (χ0) is 15.7. The standard InChI is InChI=1S/C12H22FN3O4/c1-14-10(15(2)3)5-6-16(8-18)12(13)11(19)9(7-17)20-4/h5-6,8-9,11-12,17,19H,7H2,1-4H3/b6-5-,14-10+. The van der Waals surface area contributed by atoms with Gasteiger partial charge in [0.15, 0.2) is 0 Å². The molecule has 0 aromatic carbocycles. The third-order valence-electron chi connectivity index (χ3n) is 2.64. The Hall–Kier alpha value is -1.51. The predicted molar refractivity (Wildman–Crippen MR) is 72.9 cm³/mol. The lowest BCUT2D eigenvalue weighted by Gasteiger charge is -2.27. The summed E-state index contributed by atoms with van der Waals surface area (Å²) >= 11 is 0. The van der Waals surface area contributed by atoms with Gasteiger partial charge in [-0.05, 0) is 6.08 Å². The first-order valence-corrected chi connectivity index (χ1v) is 5.93. The number of alkyl halides is 1. The Bertz CT molecular complexity index is 346. The molecule has 0 heterocycles. The van der Waals surface area contributed by atoms with Gasteiger partial charge in [-0.1, -0.05) is 0 Å². The Morgan fingerprint density at radius 2 is 2.10 bits per heavy atom. The molecular weight excluding hydrogens is 269 g/mol. The lowest BCUT2D eigenvalue weighted by Crippen LogP contribution is -2.45. The topological polar surface area (TPSA) is 85.6 Å². The average molecular weight is 291 g/mol. The van der Waals surface area contributed by atoms with Crippen molar-refractivity contribution in [3.05, 3.63) is 12.3 Å². The van der Waals surface area contributed by atoms with Crippen LogP contribution in [0.3, 0.4) is 0 Å². The average Bonchev–Trinajstić information content (AvgIpc) is 2.43. The van der Waals surface area contributed by atoms with Gasteiger partial charge in [0.2, 0.25) is 12.7 Å². The van der Waals surface area contributed by atoms with Crippen molar-refractivity contribution in [3.63, 3.8) is 0 Å². The van der Waals surface area contributed by atoms with Crippen LogP contribution in [-0.2, 0) is 9.53 Å². The number of hydrogen-bond acceptors (Lipinski definition) is 5. The molecule has 2 N–H and O–H groups in total. The van der Waals surface area contributed by atoms with E-state index in [2.05, 4.69) is 4.99 Å². The minimum Gasteiger partial charge on any atom is -0.394 e. The third-order valence-corrected chi connectivity index (χ3v) is 2.64. The van der Waals surface area contributed by atoms with Crippen molar-refractivity contribution in [3.8, 4) is 0 Å². The van der Waals surface area contributed by atoms with Crippen LogP contribution in [0.25, 0.3) is 0 Å². The van der Waals surface area contributed by atoms with E-state index < -0.39 is 25.1 Å². The monoisotopic (exact) mass is 291 g/mol. The summed E-state index contributed by atoms with van der Waals surface area (Å²) in [4.78, 5) is 17.1. The highest BCUT2D eigenvalue weighted by molar-refractivity contribution is 5.92. The second kappa shape index (κ2) is 9.40. The van der Waals surface area contributed by atoms with Crippen LogP contribution in [0.15, 0.2) is 17.3 Å². The van der Waals surface area contributed by atoms with Gasteiger partial charge >= 0.3 is 0 Å². The number of amides is 1. The number of aliphatic imine (C=N–C) groups is 1. The Kier molecular flexibility index (Phi) is 8.69. The molecule has 0 saturated heterocycles. The molecule has 0 saturated carbocycles. The highest BCUT2D eigenvalue weighted by atomic mass is 19.1. The number of aliphatic hydroxyl groups is 2. The summed E-state index contributed by atoms with van der Waals surface area (Å²) in [7, 11) is 6.27. The number of likely N-dealkylation sites (N-methyl/N-ethyl adjacent to an activating group) is 1. The molecule has 0 aliphatic heterocycles. The molecule has 0 spiro atoms. The van der Waals surface area contributed by atoms with Crippen molar-refractivity contribution in [2.24, 2.45) is 4.99 Å². The molecule has 0 aromatic rings. The molecule has 0 fully saturated rings. The second-order valence-electron chi connectivity index (χ2n) is 4.16. The van der Waals surface area contributed by atoms with Crippen LogP contribution in [0, 0.1) is 0 Å². The molecule has 3 atom stereocenters. The molecule has 20 heavy (non-hydrogen) atoms. The molecule has 0 aliphatic rings. The van der Waals surface area contributed by atoms with Crippen molar-refractivity contribution >= 4 is 12.2 Å². The molecule has 0 bridgehead atoms. The Morgan fingerprint density at radius 3 is 2.45 bits per heavy atom. The molecule has 116 valence electrons. The summed E-state index contributed by atoms with van der Waals surface area (Å²) < 4.78 is 18.7. The maximum atomic E-state index is 14.0. The molecule has 0 radical (unpaired) electrons. The zero-order valence-electron chi connectivity index (χ0n) is 12.1. The molecule has 8 heteroatoms. The fraction of sp³-hybridized carbons (Fsp3) is 0.667. The number of amidine groups is 1. The van der Waals surface area contributed by atoms with E-state index in [-0.39, 0.29) is 6.41 Å².